The largest absolute Gasteiger partial charge is 0.496 e. The van der Waals surface area contributed by atoms with Gasteiger partial charge in [0.25, 0.3) is 0 Å². The molecule has 0 fully saturated rings. The molecule has 2 aromatic heterocycles. The van der Waals surface area contributed by atoms with Crippen LogP contribution in [-0.2, 0) is 19.9 Å². The Kier molecular flexibility index (Phi) is 6.35. The van der Waals surface area contributed by atoms with Crippen LogP contribution in [0.2, 0.25) is 0 Å². The summed E-state index contributed by atoms with van der Waals surface area (Å²) in [6.45, 7) is 1.85. The smallest absolute Gasteiger partial charge is 0.124 e. The van der Waals surface area contributed by atoms with E-state index < -0.39 is 0 Å². The quantitative estimate of drug-likeness (QED) is 0.282. The molecule has 5 heteroatoms. The minimum atomic E-state index is 0.867. The van der Waals surface area contributed by atoms with E-state index in [1.165, 1.54) is 11.3 Å². The Morgan fingerprint density at radius 2 is 1.81 bits per heavy atom. The molecule has 0 aliphatic carbocycles. The highest BCUT2D eigenvalue weighted by Crippen LogP contribution is 2.36. The van der Waals surface area contributed by atoms with E-state index in [1.54, 1.807) is 7.11 Å². The first-order valence-corrected chi connectivity index (χ1v) is 12.1. The predicted molar refractivity (Wildman–Crippen MR) is 149 cm³/mol. The molecule has 0 atom stereocenters. The molecular weight excluding hydrogens is 444 g/mol. The van der Waals surface area contributed by atoms with Crippen molar-refractivity contribution in [2.24, 2.45) is 7.05 Å². The monoisotopic (exact) mass is 474 g/mol. The SMILES string of the molecule is CC#Cc1ccc(-c2nn(C)c3cnc4cc(OC)c(CCc5cccc(N(C)C)c5)cc4c23)cc1. The minimum Gasteiger partial charge on any atom is -0.496 e. The Bertz CT molecular complexity index is 1620. The molecule has 36 heavy (non-hydrogen) atoms. The van der Waals surface area contributed by atoms with Gasteiger partial charge >= 0.3 is 0 Å². The first-order chi connectivity index (χ1) is 17.5. The van der Waals surface area contributed by atoms with Crippen molar-refractivity contribution in [2.45, 2.75) is 19.8 Å². The topological polar surface area (TPSA) is 43.2 Å². The van der Waals surface area contributed by atoms with Crippen LogP contribution in [0.1, 0.15) is 23.6 Å². The van der Waals surface area contributed by atoms with Crippen LogP contribution in [-0.4, -0.2) is 36.0 Å². The Morgan fingerprint density at radius 1 is 1.00 bits per heavy atom. The van der Waals surface area contributed by atoms with Crippen LogP contribution in [0.5, 0.6) is 5.75 Å². The summed E-state index contributed by atoms with van der Waals surface area (Å²) in [5.41, 5.74) is 8.59. The molecule has 0 N–H and O–H groups in total. The lowest BCUT2D eigenvalue weighted by Gasteiger charge is -2.14. The summed E-state index contributed by atoms with van der Waals surface area (Å²) in [7, 11) is 7.84. The molecule has 0 unspecified atom stereocenters. The second kappa shape index (κ2) is 9.75. The van der Waals surface area contributed by atoms with Crippen LogP contribution in [0, 0.1) is 11.8 Å². The van der Waals surface area contributed by atoms with Crippen molar-refractivity contribution in [3.8, 4) is 28.8 Å². The van der Waals surface area contributed by atoms with Gasteiger partial charge < -0.3 is 9.64 Å². The van der Waals surface area contributed by atoms with Crippen LogP contribution < -0.4 is 9.64 Å². The standard InChI is InChI=1S/C31H30N4O/c1-6-8-21-11-14-23(15-12-21)31-30-26-18-24(16-13-22-9-7-10-25(17-22)34(2)3)29(36-5)19-27(26)32-20-28(30)35(4)33-31/h7,9-12,14-15,17-20H,13,16H2,1-5H3. The number of fused-ring (bicyclic) bond motifs is 3. The number of methoxy groups -OCH3 is 1. The van der Waals surface area contributed by atoms with E-state index in [2.05, 4.69) is 79.4 Å². The van der Waals surface area contributed by atoms with Crippen LogP contribution >= 0.6 is 0 Å². The number of ether oxygens (including phenoxy) is 1. The van der Waals surface area contributed by atoms with Crippen molar-refractivity contribution >= 4 is 27.5 Å². The number of nitrogens with zero attached hydrogens (tertiary/aromatic N) is 4. The van der Waals surface area contributed by atoms with E-state index in [0.717, 1.165) is 62.8 Å². The maximum Gasteiger partial charge on any atom is 0.124 e. The Labute approximate surface area is 212 Å². The van der Waals surface area contributed by atoms with Gasteiger partial charge in [0.05, 0.1) is 24.3 Å². The maximum atomic E-state index is 5.79. The maximum absolute atomic E-state index is 5.79. The number of hydrogen-bond acceptors (Lipinski definition) is 4. The van der Waals surface area contributed by atoms with Gasteiger partial charge in [-0.1, -0.05) is 30.2 Å². The zero-order chi connectivity index (χ0) is 25.2. The summed E-state index contributed by atoms with van der Waals surface area (Å²) < 4.78 is 7.70. The first kappa shape index (κ1) is 23.4. The van der Waals surface area contributed by atoms with E-state index in [1.807, 2.05) is 37.0 Å². The Hall–Kier alpha value is -4.30. The molecule has 3 aromatic carbocycles. The zero-order valence-electron chi connectivity index (χ0n) is 21.5. The summed E-state index contributed by atoms with van der Waals surface area (Å²) >= 11 is 0. The van der Waals surface area contributed by atoms with Gasteiger partial charge in [-0.3, -0.25) is 9.67 Å². The van der Waals surface area contributed by atoms with Crippen molar-refractivity contribution in [2.75, 3.05) is 26.1 Å². The molecule has 5 rings (SSSR count). The number of aromatic nitrogens is 3. The highest BCUT2D eigenvalue weighted by molar-refractivity contribution is 6.11. The van der Waals surface area contributed by atoms with Gasteiger partial charge in [0.1, 0.15) is 11.4 Å². The lowest BCUT2D eigenvalue weighted by atomic mass is 9.98. The lowest BCUT2D eigenvalue weighted by Crippen LogP contribution is -2.08. The predicted octanol–water partition coefficient (Wildman–Crippen LogP) is 6.02. The summed E-state index contributed by atoms with van der Waals surface area (Å²) in [6.07, 6.45) is 3.69. The molecule has 5 aromatic rings. The van der Waals surface area contributed by atoms with Crippen LogP contribution in [0.4, 0.5) is 5.69 Å². The van der Waals surface area contributed by atoms with E-state index in [4.69, 9.17) is 14.8 Å². The third-order valence-electron chi connectivity index (χ3n) is 6.62. The molecule has 0 saturated heterocycles. The molecule has 180 valence electrons. The van der Waals surface area contributed by atoms with Gasteiger partial charge in [0.15, 0.2) is 0 Å². The summed E-state index contributed by atoms with van der Waals surface area (Å²) in [4.78, 5) is 6.88. The molecule has 5 nitrogen and oxygen atoms in total. The van der Waals surface area contributed by atoms with Gasteiger partial charge in [-0.15, -0.1) is 5.92 Å². The second-order valence-electron chi connectivity index (χ2n) is 9.19. The highest BCUT2D eigenvalue weighted by Gasteiger charge is 2.17. The Balaban J connectivity index is 1.61. The summed E-state index contributed by atoms with van der Waals surface area (Å²) in [6, 6.07) is 21.3. The third kappa shape index (κ3) is 4.38. The molecule has 2 heterocycles. The fourth-order valence-corrected chi connectivity index (χ4v) is 4.71. The molecule has 0 saturated carbocycles. The number of rotatable bonds is 6. The van der Waals surface area contributed by atoms with Crippen LogP contribution in [0.15, 0.2) is 66.9 Å². The first-order valence-electron chi connectivity index (χ1n) is 12.1. The van der Waals surface area contributed by atoms with E-state index in [9.17, 15) is 0 Å². The number of hydrogen-bond donors (Lipinski definition) is 0. The molecule has 0 amide bonds. The van der Waals surface area contributed by atoms with E-state index in [-0.39, 0.29) is 0 Å². The number of aryl methyl sites for hydroxylation is 3. The normalized spacial score (nSPS) is 10.9. The molecular formula is C31H30N4O. The second-order valence-corrected chi connectivity index (χ2v) is 9.19. The van der Waals surface area contributed by atoms with Crippen molar-refractivity contribution in [3.63, 3.8) is 0 Å². The number of pyridine rings is 1. The molecule has 0 spiro atoms. The van der Waals surface area contributed by atoms with Gasteiger partial charge in [-0.05, 0) is 61.2 Å². The molecule has 0 radical (unpaired) electrons. The average Bonchev–Trinajstić information content (AvgIpc) is 3.24. The average molecular weight is 475 g/mol. The van der Waals surface area contributed by atoms with Gasteiger partial charge in [0, 0.05) is 54.8 Å². The van der Waals surface area contributed by atoms with Gasteiger partial charge in [-0.2, -0.15) is 5.10 Å². The Morgan fingerprint density at radius 3 is 2.53 bits per heavy atom. The molecule has 0 bridgehead atoms. The molecule has 0 aliphatic rings. The lowest BCUT2D eigenvalue weighted by molar-refractivity contribution is 0.410. The third-order valence-corrected chi connectivity index (χ3v) is 6.62. The van der Waals surface area contributed by atoms with Gasteiger partial charge in [-0.25, -0.2) is 0 Å². The minimum absolute atomic E-state index is 0.867. The van der Waals surface area contributed by atoms with E-state index >= 15 is 0 Å². The fraction of sp³-hybridized carbons (Fsp3) is 0.226. The summed E-state index contributed by atoms with van der Waals surface area (Å²) in [5, 5.41) is 7.08. The van der Waals surface area contributed by atoms with Crippen molar-refractivity contribution in [1.82, 2.24) is 14.8 Å². The molecule has 0 aliphatic heterocycles. The van der Waals surface area contributed by atoms with E-state index in [0.29, 0.717) is 0 Å². The fourth-order valence-electron chi connectivity index (χ4n) is 4.71. The van der Waals surface area contributed by atoms with Crippen LogP contribution in [0.25, 0.3) is 33.1 Å². The highest BCUT2D eigenvalue weighted by atomic mass is 16.5. The van der Waals surface area contributed by atoms with Gasteiger partial charge in [0.2, 0.25) is 0 Å². The number of anilines is 1. The van der Waals surface area contributed by atoms with Crippen molar-refractivity contribution < 1.29 is 4.74 Å². The van der Waals surface area contributed by atoms with Crippen LogP contribution in [0.3, 0.4) is 0 Å². The zero-order valence-corrected chi connectivity index (χ0v) is 21.5. The summed E-state index contributed by atoms with van der Waals surface area (Å²) in [5.74, 6) is 6.94. The van der Waals surface area contributed by atoms with Crippen molar-refractivity contribution in [3.05, 3.63) is 83.6 Å². The number of benzene rings is 3. The van der Waals surface area contributed by atoms with Crippen molar-refractivity contribution in [1.29, 1.82) is 0 Å².